The molecule has 1 N–H and O–H groups in total. The number of aliphatic hydroxyl groups excluding tert-OH is 1. The summed E-state index contributed by atoms with van der Waals surface area (Å²) in [6, 6.07) is 0. The Bertz CT molecular complexity index is 286. The molecule has 0 aromatic heterocycles. The van der Waals surface area contributed by atoms with Gasteiger partial charge in [0.1, 0.15) is 5.78 Å². The summed E-state index contributed by atoms with van der Waals surface area (Å²) in [4.78, 5) is 12.5. The number of aliphatic hydroxyl groups is 1. The van der Waals surface area contributed by atoms with Gasteiger partial charge in [-0.25, -0.2) is 0 Å². The number of carbonyl (C=O) groups excluding carboxylic acids is 1. The molecule has 4 bridgehead atoms. The molecule has 1 atom stereocenters. The van der Waals surface area contributed by atoms with E-state index in [1.165, 1.54) is 19.3 Å². The number of rotatable bonds is 4. The molecule has 0 aromatic rings. The second kappa shape index (κ2) is 4.08. The van der Waals surface area contributed by atoms with Crippen molar-refractivity contribution in [2.24, 2.45) is 23.2 Å². The van der Waals surface area contributed by atoms with Gasteiger partial charge in [0.05, 0.1) is 6.10 Å². The number of hydrogen-bond acceptors (Lipinski definition) is 2. The van der Waals surface area contributed by atoms with Crippen molar-refractivity contribution in [3.05, 3.63) is 0 Å². The lowest BCUT2D eigenvalue weighted by Crippen LogP contribution is -2.50. The third-order valence-corrected chi connectivity index (χ3v) is 5.52. The maximum absolute atomic E-state index is 12.5. The van der Waals surface area contributed by atoms with Crippen LogP contribution in [0.1, 0.15) is 58.3 Å². The van der Waals surface area contributed by atoms with E-state index in [9.17, 15) is 9.90 Å². The summed E-state index contributed by atoms with van der Waals surface area (Å²) in [6.07, 6.45) is 8.24. The van der Waals surface area contributed by atoms with Crippen LogP contribution in [0.25, 0.3) is 0 Å². The predicted molar refractivity (Wildman–Crippen MR) is 66.5 cm³/mol. The second-order valence-electron chi connectivity index (χ2n) is 6.89. The van der Waals surface area contributed by atoms with Crippen LogP contribution in [0.2, 0.25) is 0 Å². The molecule has 4 fully saturated rings. The molecule has 0 amide bonds. The third-order valence-electron chi connectivity index (χ3n) is 5.52. The van der Waals surface area contributed by atoms with Crippen LogP contribution in [0.15, 0.2) is 0 Å². The van der Waals surface area contributed by atoms with Crippen molar-refractivity contribution in [3.8, 4) is 0 Å². The quantitative estimate of drug-likeness (QED) is 0.815. The Labute approximate surface area is 104 Å². The first-order valence-electron chi connectivity index (χ1n) is 7.32. The largest absolute Gasteiger partial charge is 0.393 e. The molecule has 2 heteroatoms. The Hall–Kier alpha value is -0.370. The lowest BCUT2D eigenvalue weighted by atomic mass is 9.48. The SMILES string of the molecule is CCC(O)CC(=O)C12CC3CC(CC(C3)C1)C2. The summed E-state index contributed by atoms with van der Waals surface area (Å²) < 4.78 is 0. The van der Waals surface area contributed by atoms with Crippen molar-refractivity contribution in [1.82, 2.24) is 0 Å². The van der Waals surface area contributed by atoms with E-state index in [0.717, 1.165) is 37.0 Å². The van der Waals surface area contributed by atoms with Crippen LogP contribution in [0.5, 0.6) is 0 Å². The smallest absolute Gasteiger partial charge is 0.141 e. The van der Waals surface area contributed by atoms with Crippen LogP contribution in [-0.4, -0.2) is 17.0 Å². The molecule has 4 aliphatic carbocycles. The normalized spacial score (nSPS) is 44.9. The number of ketones is 1. The zero-order valence-electron chi connectivity index (χ0n) is 10.8. The van der Waals surface area contributed by atoms with Gasteiger partial charge in [-0.3, -0.25) is 4.79 Å². The highest BCUT2D eigenvalue weighted by atomic mass is 16.3. The Morgan fingerprint density at radius 3 is 2.06 bits per heavy atom. The predicted octanol–water partition coefficient (Wildman–Crippen LogP) is 2.93. The Morgan fingerprint density at radius 2 is 1.65 bits per heavy atom. The van der Waals surface area contributed by atoms with E-state index < -0.39 is 6.10 Å². The van der Waals surface area contributed by atoms with Crippen LogP contribution in [-0.2, 0) is 4.79 Å². The molecule has 0 aliphatic heterocycles. The lowest BCUT2D eigenvalue weighted by molar-refractivity contribution is -0.145. The van der Waals surface area contributed by atoms with Crippen molar-refractivity contribution in [1.29, 1.82) is 0 Å². The summed E-state index contributed by atoms with van der Waals surface area (Å²) in [5.74, 6) is 2.85. The molecule has 0 spiro atoms. The molecule has 4 aliphatic rings. The molecule has 2 nitrogen and oxygen atoms in total. The maximum Gasteiger partial charge on any atom is 0.141 e. The molecule has 1 unspecified atom stereocenters. The second-order valence-corrected chi connectivity index (χ2v) is 6.89. The van der Waals surface area contributed by atoms with Crippen LogP contribution >= 0.6 is 0 Å². The van der Waals surface area contributed by atoms with Gasteiger partial charge < -0.3 is 5.11 Å². The van der Waals surface area contributed by atoms with Gasteiger partial charge in [-0.1, -0.05) is 6.92 Å². The van der Waals surface area contributed by atoms with Crippen molar-refractivity contribution in [2.75, 3.05) is 0 Å². The van der Waals surface area contributed by atoms with Gasteiger partial charge in [0.2, 0.25) is 0 Å². The van der Waals surface area contributed by atoms with Crippen molar-refractivity contribution < 1.29 is 9.90 Å². The van der Waals surface area contributed by atoms with E-state index in [-0.39, 0.29) is 5.41 Å². The summed E-state index contributed by atoms with van der Waals surface area (Å²) in [6.45, 7) is 1.96. The average molecular weight is 236 g/mol. The molecule has 0 radical (unpaired) electrons. The van der Waals surface area contributed by atoms with Crippen LogP contribution < -0.4 is 0 Å². The van der Waals surface area contributed by atoms with Crippen molar-refractivity contribution >= 4 is 5.78 Å². The molecular weight excluding hydrogens is 212 g/mol. The highest BCUT2D eigenvalue weighted by Crippen LogP contribution is 2.60. The zero-order chi connectivity index (χ0) is 12.0. The van der Waals surface area contributed by atoms with E-state index in [1.54, 1.807) is 0 Å². The van der Waals surface area contributed by atoms with Crippen LogP contribution in [0.4, 0.5) is 0 Å². The standard InChI is InChI=1S/C15H24O2/c1-2-13(16)6-14(17)15-7-10-3-11(8-15)5-12(4-10)9-15/h10-13,16H,2-9H2,1H3. The molecule has 0 aromatic carbocycles. The Balaban J connectivity index is 1.75. The molecular formula is C15H24O2. The Morgan fingerprint density at radius 1 is 1.18 bits per heavy atom. The minimum absolute atomic E-state index is 0.00903. The van der Waals surface area contributed by atoms with Crippen molar-refractivity contribution in [3.63, 3.8) is 0 Å². The topological polar surface area (TPSA) is 37.3 Å². The van der Waals surface area contributed by atoms with E-state index in [4.69, 9.17) is 0 Å². The monoisotopic (exact) mass is 236 g/mol. The molecule has 0 saturated heterocycles. The van der Waals surface area contributed by atoms with Gasteiger partial charge in [-0.15, -0.1) is 0 Å². The summed E-state index contributed by atoms with van der Waals surface area (Å²) in [5.41, 5.74) is -0.00903. The van der Waals surface area contributed by atoms with E-state index in [2.05, 4.69) is 0 Å². The maximum atomic E-state index is 12.5. The van der Waals surface area contributed by atoms with Gasteiger partial charge in [0, 0.05) is 11.8 Å². The van der Waals surface area contributed by atoms with E-state index in [0.29, 0.717) is 18.6 Å². The number of carbonyl (C=O) groups is 1. The average Bonchev–Trinajstić information content (AvgIpc) is 2.26. The molecule has 4 rings (SSSR count). The number of Topliss-reactive ketones (excluding diaryl/α,β-unsaturated/α-hetero) is 1. The summed E-state index contributed by atoms with van der Waals surface area (Å²) in [5, 5.41) is 9.71. The van der Waals surface area contributed by atoms with E-state index in [1.807, 2.05) is 6.92 Å². The van der Waals surface area contributed by atoms with Gasteiger partial charge >= 0.3 is 0 Å². The first-order chi connectivity index (χ1) is 8.11. The van der Waals surface area contributed by atoms with Gasteiger partial charge in [-0.2, -0.15) is 0 Å². The molecule has 96 valence electrons. The summed E-state index contributed by atoms with van der Waals surface area (Å²) >= 11 is 0. The minimum atomic E-state index is -0.407. The first kappa shape index (κ1) is 11.7. The first-order valence-corrected chi connectivity index (χ1v) is 7.32. The minimum Gasteiger partial charge on any atom is -0.393 e. The molecule has 0 heterocycles. The Kier molecular flexibility index (Phi) is 2.81. The zero-order valence-corrected chi connectivity index (χ0v) is 10.8. The van der Waals surface area contributed by atoms with E-state index >= 15 is 0 Å². The molecule has 17 heavy (non-hydrogen) atoms. The fourth-order valence-electron chi connectivity index (χ4n) is 5.03. The fourth-order valence-corrected chi connectivity index (χ4v) is 5.03. The van der Waals surface area contributed by atoms with Crippen LogP contribution in [0.3, 0.4) is 0 Å². The van der Waals surface area contributed by atoms with Crippen LogP contribution in [0, 0.1) is 23.2 Å². The highest BCUT2D eigenvalue weighted by Gasteiger charge is 2.54. The van der Waals surface area contributed by atoms with Crippen molar-refractivity contribution in [2.45, 2.75) is 64.4 Å². The third kappa shape index (κ3) is 1.95. The van der Waals surface area contributed by atoms with Gasteiger partial charge in [0.15, 0.2) is 0 Å². The van der Waals surface area contributed by atoms with Gasteiger partial charge in [-0.05, 0) is 62.7 Å². The highest BCUT2D eigenvalue weighted by molar-refractivity contribution is 5.85. The lowest BCUT2D eigenvalue weighted by Gasteiger charge is -2.56. The number of hydrogen-bond donors (Lipinski definition) is 1. The fraction of sp³-hybridized carbons (Fsp3) is 0.933. The molecule has 4 saturated carbocycles. The summed E-state index contributed by atoms with van der Waals surface area (Å²) in [7, 11) is 0. The van der Waals surface area contributed by atoms with Gasteiger partial charge in [0.25, 0.3) is 0 Å².